The van der Waals surface area contributed by atoms with Gasteiger partial charge >= 0.3 is 0 Å². The molecule has 1 aromatic rings. The first-order valence-electron chi connectivity index (χ1n) is 9.42. The third kappa shape index (κ3) is 5.94. The lowest BCUT2D eigenvalue weighted by molar-refractivity contribution is -0.121. The van der Waals surface area contributed by atoms with Gasteiger partial charge in [-0.05, 0) is 55.8 Å². The molecule has 3 heteroatoms. The number of aryl methyl sites for hydroxylation is 1. The number of hydrogen-bond donors (Lipinski definition) is 1. The highest BCUT2D eigenvalue weighted by atomic mass is 16.1. The third-order valence-electron chi connectivity index (χ3n) is 5.15. The van der Waals surface area contributed by atoms with E-state index in [0.29, 0.717) is 12.5 Å². The van der Waals surface area contributed by atoms with E-state index in [9.17, 15) is 4.79 Å². The van der Waals surface area contributed by atoms with Crippen LogP contribution >= 0.6 is 0 Å². The van der Waals surface area contributed by atoms with Crippen LogP contribution in [-0.2, 0) is 16.6 Å². The Morgan fingerprint density at radius 2 is 1.92 bits per heavy atom. The monoisotopic (exact) mass is 330 g/mol. The highest BCUT2D eigenvalue weighted by Gasteiger charge is 2.19. The average Bonchev–Trinajstić information content (AvgIpc) is 2.54. The molecule has 0 bridgehead atoms. The van der Waals surface area contributed by atoms with Crippen LogP contribution in [0.2, 0.25) is 0 Å². The number of benzene rings is 1. The Bertz CT molecular complexity index is 516. The highest BCUT2D eigenvalue weighted by Crippen LogP contribution is 2.22. The first-order chi connectivity index (χ1) is 11.4. The Balaban J connectivity index is 1.67. The van der Waals surface area contributed by atoms with Gasteiger partial charge in [-0.2, -0.15) is 0 Å². The first-order valence-corrected chi connectivity index (χ1v) is 9.42. The number of likely N-dealkylation sites (N-methyl/N-ethyl adjacent to an activating group) is 1. The Labute approximate surface area is 147 Å². The topological polar surface area (TPSA) is 32.3 Å². The van der Waals surface area contributed by atoms with Crippen LogP contribution in [0.3, 0.4) is 0 Å². The number of carbonyl (C=O) groups is 1. The maximum atomic E-state index is 12.0. The van der Waals surface area contributed by atoms with Gasteiger partial charge in [-0.25, -0.2) is 0 Å². The molecule has 1 heterocycles. The maximum absolute atomic E-state index is 12.0. The minimum Gasteiger partial charge on any atom is -0.355 e. The number of amides is 1. The van der Waals surface area contributed by atoms with Gasteiger partial charge in [-0.1, -0.05) is 51.5 Å². The molecule has 0 saturated carbocycles. The van der Waals surface area contributed by atoms with Crippen molar-refractivity contribution in [1.29, 1.82) is 0 Å². The van der Waals surface area contributed by atoms with Gasteiger partial charge < -0.3 is 10.2 Å². The van der Waals surface area contributed by atoms with E-state index in [1.165, 1.54) is 30.4 Å². The van der Waals surface area contributed by atoms with E-state index in [1.54, 1.807) is 0 Å². The molecule has 1 saturated heterocycles. The van der Waals surface area contributed by atoms with Gasteiger partial charge in [-0.3, -0.25) is 4.79 Å². The third-order valence-corrected chi connectivity index (χ3v) is 5.15. The second kappa shape index (κ2) is 8.66. The van der Waals surface area contributed by atoms with Crippen LogP contribution in [0.25, 0.3) is 0 Å². The number of piperidine rings is 1. The smallest absolute Gasteiger partial charge is 0.220 e. The molecule has 1 aromatic carbocycles. The summed E-state index contributed by atoms with van der Waals surface area (Å²) < 4.78 is 0. The number of carbonyl (C=O) groups excluding carboxylic acids is 1. The largest absolute Gasteiger partial charge is 0.355 e. The van der Waals surface area contributed by atoms with Crippen LogP contribution < -0.4 is 5.32 Å². The molecule has 2 rings (SSSR count). The summed E-state index contributed by atoms with van der Waals surface area (Å²) in [5.41, 5.74) is 2.88. The van der Waals surface area contributed by atoms with Gasteiger partial charge in [0.1, 0.15) is 0 Å². The number of nitrogens with zero attached hydrogens (tertiary/aromatic N) is 1. The second-order valence-corrected chi connectivity index (χ2v) is 8.23. The van der Waals surface area contributed by atoms with Crippen LogP contribution in [0.5, 0.6) is 0 Å². The molecule has 0 aliphatic carbocycles. The van der Waals surface area contributed by atoms with Gasteiger partial charge in [0, 0.05) is 19.0 Å². The van der Waals surface area contributed by atoms with E-state index in [2.05, 4.69) is 62.3 Å². The Hall–Kier alpha value is -1.35. The molecule has 1 fully saturated rings. The van der Waals surface area contributed by atoms with E-state index in [4.69, 9.17) is 0 Å². The zero-order chi connectivity index (χ0) is 17.6. The van der Waals surface area contributed by atoms with Gasteiger partial charge in [0.2, 0.25) is 5.91 Å². The van der Waals surface area contributed by atoms with Crippen molar-refractivity contribution in [1.82, 2.24) is 10.2 Å². The first kappa shape index (κ1) is 19.0. The average molecular weight is 331 g/mol. The lowest BCUT2D eigenvalue weighted by Crippen LogP contribution is -2.44. The molecule has 1 atom stereocenters. The molecular weight excluding hydrogens is 296 g/mol. The maximum Gasteiger partial charge on any atom is 0.220 e. The van der Waals surface area contributed by atoms with Crippen LogP contribution in [0.4, 0.5) is 0 Å². The lowest BCUT2D eigenvalue weighted by atomic mass is 9.86. The van der Waals surface area contributed by atoms with Gasteiger partial charge in [0.25, 0.3) is 0 Å². The van der Waals surface area contributed by atoms with Crippen LogP contribution in [0.15, 0.2) is 24.3 Å². The number of hydrogen-bond acceptors (Lipinski definition) is 2. The van der Waals surface area contributed by atoms with E-state index in [0.717, 1.165) is 25.9 Å². The van der Waals surface area contributed by atoms with E-state index >= 15 is 0 Å². The zero-order valence-corrected chi connectivity index (χ0v) is 15.9. The lowest BCUT2D eigenvalue weighted by Gasteiger charge is -2.32. The van der Waals surface area contributed by atoms with Gasteiger partial charge in [0.15, 0.2) is 0 Å². The van der Waals surface area contributed by atoms with E-state index in [1.807, 2.05) is 0 Å². The number of rotatable bonds is 6. The predicted molar refractivity (Wildman–Crippen MR) is 101 cm³/mol. The molecule has 0 spiro atoms. The van der Waals surface area contributed by atoms with Gasteiger partial charge in [0.05, 0.1) is 0 Å². The van der Waals surface area contributed by atoms with E-state index in [-0.39, 0.29) is 11.3 Å². The molecule has 1 N–H and O–H groups in total. The summed E-state index contributed by atoms with van der Waals surface area (Å²) in [5.74, 6) is 0.195. The SMILES string of the molecule is CN1CCCC[C@H]1CNC(=O)CCCc1ccc(C(C)(C)C)cc1. The summed E-state index contributed by atoms with van der Waals surface area (Å²) in [6.45, 7) is 8.66. The fraction of sp³-hybridized carbons (Fsp3) is 0.667. The summed E-state index contributed by atoms with van der Waals surface area (Å²) in [6.07, 6.45) is 6.29. The minimum atomic E-state index is 0.195. The van der Waals surface area contributed by atoms with Gasteiger partial charge in [-0.15, -0.1) is 0 Å². The zero-order valence-electron chi connectivity index (χ0n) is 15.9. The Kier molecular flexibility index (Phi) is 6.85. The molecular formula is C21H34N2O. The predicted octanol–water partition coefficient (Wildman–Crippen LogP) is 3.91. The second-order valence-electron chi connectivity index (χ2n) is 8.23. The molecule has 1 amide bonds. The normalized spacial score (nSPS) is 19.2. The summed E-state index contributed by atoms with van der Waals surface area (Å²) in [5, 5.41) is 3.12. The van der Waals surface area contributed by atoms with Crippen molar-refractivity contribution >= 4 is 5.91 Å². The Morgan fingerprint density at radius 1 is 1.21 bits per heavy atom. The van der Waals surface area contributed by atoms with Crippen molar-refractivity contribution in [2.45, 2.75) is 70.8 Å². The fourth-order valence-electron chi connectivity index (χ4n) is 3.35. The highest BCUT2D eigenvalue weighted by molar-refractivity contribution is 5.75. The number of nitrogens with one attached hydrogen (secondary N) is 1. The van der Waals surface area contributed by atoms with Crippen molar-refractivity contribution < 1.29 is 4.79 Å². The molecule has 0 aromatic heterocycles. The van der Waals surface area contributed by atoms with Crippen molar-refractivity contribution in [3.63, 3.8) is 0 Å². The standard InChI is InChI=1S/C21H34N2O/c1-21(2,3)18-13-11-17(12-14-18)8-7-10-20(24)22-16-19-9-5-6-15-23(19)4/h11-14,19H,5-10,15-16H2,1-4H3,(H,22,24)/t19-/m0/s1. The molecule has 134 valence electrons. The van der Waals surface area contributed by atoms with Crippen molar-refractivity contribution in [2.75, 3.05) is 20.1 Å². The molecule has 1 aliphatic heterocycles. The summed E-state index contributed by atoms with van der Waals surface area (Å²) in [6, 6.07) is 9.36. The van der Waals surface area contributed by atoms with E-state index < -0.39 is 0 Å². The molecule has 0 unspecified atom stereocenters. The summed E-state index contributed by atoms with van der Waals surface area (Å²) in [4.78, 5) is 14.4. The van der Waals surface area contributed by atoms with Crippen LogP contribution in [0.1, 0.15) is 64.0 Å². The van der Waals surface area contributed by atoms with Crippen molar-refractivity contribution in [3.8, 4) is 0 Å². The van der Waals surface area contributed by atoms with Crippen LogP contribution in [-0.4, -0.2) is 37.0 Å². The van der Waals surface area contributed by atoms with Crippen molar-refractivity contribution in [2.24, 2.45) is 0 Å². The quantitative estimate of drug-likeness (QED) is 0.858. The summed E-state index contributed by atoms with van der Waals surface area (Å²) >= 11 is 0. The minimum absolute atomic E-state index is 0.195. The molecule has 24 heavy (non-hydrogen) atoms. The molecule has 0 radical (unpaired) electrons. The van der Waals surface area contributed by atoms with Crippen LogP contribution in [0, 0.1) is 0 Å². The summed E-state index contributed by atoms with van der Waals surface area (Å²) in [7, 11) is 2.16. The Morgan fingerprint density at radius 3 is 2.54 bits per heavy atom. The fourth-order valence-corrected chi connectivity index (χ4v) is 3.35. The van der Waals surface area contributed by atoms with Crippen molar-refractivity contribution in [3.05, 3.63) is 35.4 Å². The molecule has 3 nitrogen and oxygen atoms in total. The number of likely N-dealkylation sites (tertiary alicyclic amines) is 1. The molecule has 1 aliphatic rings.